The van der Waals surface area contributed by atoms with Crippen LogP contribution in [0.3, 0.4) is 0 Å². The average molecular weight is 333 g/mol. The molecule has 20 heavy (non-hydrogen) atoms. The smallest absolute Gasteiger partial charge is 0.246 e. The summed E-state index contributed by atoms with van der Waals surface area (Å²) in [5.41, 5.74) is 5.90. The number of hydrogen-bond acceptors (Lipinski definition) is 3. The summed E-state index contributed by atoms with van der Waals surface area (Å²) in [6.45, 7) is 0.388. The van der Waals surface area contributed by atoms with E-state index in [1.807, 2.05) is 0 Å². The monoisotopic (exact) mass is 332 g/mol. The quantitative estimate of drug-likeness (QED) is 0.665. The summed E-state index contributed by atoms with van der Waals surface area (Å²) < 4.78 is 26.6. The van der Waals surface area contributed by atoms with Crippen LogP contribution in [0, 0.1) is 18.3 Å². The first-order chi connectivity index (χ1) is 9.36. The lowest BCUT2D eigenvalue weighted by Crippen LogP contribution is -2.33. The van der Waals surface area contributed by atoms with Crippen LogP contribution < -0.4 is 5.73 Å². The second kappa shape index (κ2) is 5.82. The van der Waals surface area contributed by atoms with Gasteiger partial charge in [-0.05, 0) is 30.9 Å². The molecule has 0 spiro atoms. The van der Waals surface area contributed by atoms with Crippen molar-refractivity contribution in [1.82, 2.24) is 4.31 Å². The first-order valence-electron chi connectivity index (χ1n) is 6.04. The molecule has 0 heterocycles. The number of terminal acetylenes is 1. The molecular formula is C13H14Cl2N2O2S. The molecule has 1 aromatic rings. The standard InChI is InChI=1S/C13H14Cl2N2O2S/c1-2-5-17(8-9-3-4-9)20(18,19)13-11(14)6-10(16)7-12(13)15/h1,6-7,9H,3-5,8,16H2. The molecule has 2 rings (SSSR count). The van der Waals surface area contributed by atoms with Gasteiger partial charge in [0.1, 0.15) is 4.90 Å². The van der Waals surface area contributed by atoms with Crippen LogP contribution in [0.2, 0.25) is 10.0 Å². The number of anilines is 1. The zero-order chi connectivity index (χ0) is 14.9. The Balaban J connectivity index is 2.44. The van der Waals surface area contributed by atoms with E-state index in [1.54, 1.807) is 0 Å². The third-order valence-electron chi connectivity index (χ3n) is 3.04. The molecule has 0 aromatic heterocycles. The summed E-state index contributed by atoms with van der Waals surface area (Å²) in [6.07, 6.45) is 7.29. The van der Waals surface area contributed by atoms with Crippen molar-refractivity contribution in [2.45, 2.75) is 17.7 Å². The molecule has 1 fully saturated rings. The number of nitrogen functional groups attached to an aromatic ring is 1. The van der Waals surface area contributed by atoms with Crippen LogP contribution in [0.25, 0.3) is 0 Å². The van der Waals surface area contributed by atoms with Gasteiger partial charge in [0.2, 0.25) is 10.0 Å². The molecule has 0 atom stereocenters. The van der Waals surface area contributed by atoms with Gasteiger partial charge in [-0.2, -0.15) is 4.31 Å². The molecule has 0 aliphatic heterocycles. The molecule has 2 N–H and O–H groups in total. The van der Waals surface area contributed by atoms with Crippen molar-refractivity contribution in [3.8, 4) is 12.3 Å². The van der Waals surface area contributed by atoms with E-state index in [0.29, 0.717) is 18.2 Å². The molecule has 1 aromatic carbocycles. The summed E-state index contributed by atoms with van der Waals surface area (Å²) in [5, 5.41) is 0.0145. The van der Waals surface area contributed by atoms with E-state index in [-0.39, 0.29) is 21.5 Å². The second-order valence-corrected chi connectivity index (χ2v) is 7.45. The minimum Gasteiger partial charge on any atom is -0.399 e. The minimum atomic E-state index is -3.82. The fourth-order valence-corrected chi connectivity index (χ4v) is 4.50. The lowest BCUT2D eigenvalue weighted by Gasteiger charge is -2.21. The van der Waals surface area contributed by atoms with Gasteiger partial charge in [0.05, 0.1) is 16.6 Å². The van der Waals surface area contributed by atoms with Gasteiger partial charge in [-0.25, -0.2) is 8.42 Å². The number of hydrogen-bond donors (Lipinski definition) is 1. The van der Waals surface area contributed by atoms with Gasteiger partial charge in [-0.1, -0.05) is 29.1 Å². The van der Waals surface area contributed by atoms with E-state index in [4.69, 9.17) is 35.4 Å². The Morgan fingerprint density at radius 2 is 1.90 bits per heavy atom. The maximum atomic E-state index is 12.7. The van der Waals surface area contributed by atoms with Crippen LogP contribution in [-0.2, 0) is 10.0 Å². The van der Waals surface area contributed by atoms with Crippen molar-refractivity contribution in [1.29, 1.82) is 0 Å². The number of sulfonamides is 1. The van der Waals surface area contributed by atoms with Crippen LogP contribution in [0.4, 0.5) is 5.69 Å². The van der Waals surface area contributed by atoms with Gasteiger partial charge in [0, 0.05) is 12.2 Å². The van der Waals surface area contributed by atoms with Gasteiger partial charge < -0.3 is 5.73 Å². The van der Waals surface area contributed by atoms with Crippen molar-refractivity contribution < 1.29 is 8.42 Å². The highest BCUT2D eigenvalue weighted by Crippen LogP contribution is 2.36. The van der Waals surface area contributed by atoms with E-state index >= 15 is 0 Å². The highest BCUT2D eigenvalue weighted by atomic mass is 35.5. The molecule has 0 amide bonds. The lowest BCUT2D eigenvalue weighted by molar-refractivity contribution is 0.430. The average Bonchev–Trinajstić information content (AvgIpc) is 3.10. The summed E-state index contributed by atoms with van der Waals surface area (Å²) in [7, 11) is -3.82. The van der Waals surface area contributed by atoms with Gasteiger partial charge in [-0.3, -0.25) is 0 Å². The first-order valence-corrected chi connectivity index (χ1v) is 8.24. The Bertz CT molecular complexity index is 640. The van der Waals surface area contributed by atoms with Crippen molar-refractivity contribution in [2.75, 3.05) is 18.8 Å². The Morgan fingerprint density at radius 1 is 1.35 bits per heavy atom. The van der Waals surface area contributed by atoms with Crippen LogP contribution >= 0.6 is 23.2 Å². The molecule has 0 bridgehead atoms. The third kappa shape index (κ3) is 3.21. The number of halogens is 2. The highest BCUT2D eigenvalue weighted by molar-refractivity contribution is 7.89. The van der Waals surface area contributed by atoms with E-state index < -0.39 is 10.0 Å². The Hall–Kier alpha value is -0.930. The van der Waals surface area contributed by atoms with Crippen LogP contribution in [0.5, 0.6) is 0 Å². The predicted molar refractivity (Wildman–Crippen MR) is 81.2 cm³/mol. The third-order valence-corrected chi connectivity index (χ3v) is 5.78. The molecule has 1 aliphatic rings. The van der Waals surface area contributed by atoms with E-state index in [9.17, 15) is 8.42 Å². The number of benzene rings is 1. The number of nitrogens with zero attached hydrogens (tertiary/aromatic N) is 1. The molecular weight excluding hydrogens is 319 g/mol. The summed E-state index contributed by atoms with van der Waals surface area (Å²) in [5.74, 6) is 2.73. The molecule has 108 valence electrons. The topological polar surface area (TPSA) is 63.4 Å². The Morgan fingerprint density at radius 3 is 2.35 bits per heavy atom. The molecule has 1 aliphatic carbocycles. The fraction of sp³-hybridized carbons (Fsp3) is 0.385. The molecule has 1 saturated carbocycles. The van der Waals surface area contributed by atoms with E-state index in [2.05, 4.69) is 5.92 Å². The normalized spacial score (nSPS) is 15.3. The molecule has 4 nitrogen and oxygen atoms in total. The van der Waals surface area contributed by atoms with E-state index in [0.717, 1.165) is 12.8 Å². The predicted octanol–water partition coefficient (Wildman–Crippen LogP) is 2.61. The lowest BCUT2D eigenvalue weighted by atomic mass is 10.3. The summed E-state index contributed by atoms with van der Waals surface area (Å²) >= 11 is 12.0. The first kappa shape index (κ1) is 15.5. The van der Waals surface area contributed by atoms with Gasteiger partial charge in [0.15, 0.2) is 0 Å². The van der Waals surface area contributed by atoms with Gasteiger partial charge in [0.25, 0.3) is 0 Å². The zero-order valence-corrected chi connectivity index (χ0v) is 13.0. The minimum absolute atomic E-state index is 0.00410. The number of nitrogens with two attached hydrogens (primary N) is 1. The van der Waals surface area contributed by atoms with Gasteiger partial charge in [-0.15, -0.1) is 6.42 Å². The SMILES string of the molecule is C#CCN(CC1CC1)S(=O)(=O)c1c(Cl)cc(N)cc1Cl. The summed E-state index contributed by atoms with van der Waals surface area (Å²) in [4.78, 5) is -0.133. The number of rotatable bonds is 5. The largest absolute Gasteiger partial charge is 0.399 e. The molecule has 0 unspecified atom stereocenters. The van der Waals surface area contributed by atoms with Crippen molar-refractivity contribution in [3.63, 3.8) is 0 Å². The van der Waals surface area contributed by atoms with Crippen LogP contribution in [0.1, 0.15) is 12.8 Å². The summed E-state index contributed by atoms with van der Waals surface area (Å²) in [6, 6.07) is 2.73. The van der Waals surface area contributed by atoms with Crippen molar-refractivity contribution in [2.24, 2.45) is 5.92 Å². The van der Waals surface area contributed by atoms with Crippen molar-refractivity contribution in [3.05, 3.63) is 22.2 Å². The zero-order valence-electron chi connectivity index (χ0n) is 10.6. The van der Waals surface area contributed by atoms with Gasteiger partial charge >= 0.3 is 0 Å². The van der Waals surface area contributed by atoms with E-state index in [1.165, 1.54) is 16.4 Å². The van der Waals surface area contributed by atoms with Crippen LogP contribution in [-0.4, -0.2) is 25.8 Å². The van der Waals surface area contributed by atoms with Crippen LogP contribution in [0.15, 0.2) is 17.0 Å². The maximum absolute atomic E-state index is 12.7. The second-order valence-electron chi connectivity index (χ2n) is 4.76. The maximum Gasteiger partial charge on any atom is 0.246 e. The molecule has 0 radical (unpaired) electrons. The fourth-order valence-electron chi connectivity index (χ4n) is 1.89. The molecule has 7 heteroatoms. The Labute approximate surface area is 128 Å². The molecule has 0 saturated heterocycles. The van der Waals surface area contributed by atoms with Crippen molar-refractivity contribution >= 4 is 38.9 Å². The Kier molecular flexibility index (Phi) is 4.50. The highest BCUT2D eigenvalue weighted by Gasteiger charge is 2.33.